The first-order valence-electron chi connectivity index (χ1n) is 10.2. The maximum Gasteiger partial charge on any atom is 0.329 e. The van der Waals surface area contributed by atoms with Crippen LogP contribution >= 0.6 is 27.5 Å². The summed E-state index contributed by atoms with van der Waals surface area (Å²) in [5.41, 5.74) is 1.85. The monoisotopic (exact) mass is 544 g/mol. The molecular weight excluding hydrogens is 527 g/mol. The largest absolute Gasteiger partial charge is 0.493 e. The van der Waals surface area contributed by atoms with Crippen LogP contribution in [0.2, 0.25) is 5.02 Å². The number of hydrogen-bond donors (Lipinski definition) is 1. The first kappa shape index (κ1) is 23.8. The number of carbonyl (C=O) groups is 2. The Labute approximate surface area is 209 Å². The van der Waals surface area contributed by atoms with Gasteiger partial charge in [0.1, 0.15) is 18.1 Å². The quantitative estimate of drug-likeness (QED) is 0.296. The number of nitrogens with zero attached hydrogens (tertiary/aromatic N) is 1. The van der Waals surface area contributed by atoms with Crippen molar-refractivity contribution >= 4 is 45.5 Å². The zero-order chi connectivity index (χ0) is 24.2. The highest BCUT2D eigenvalue weighted by atomic mass is 79.9. The second kappa shape index (κ2) is 10.3. The lowest BCUT2D eigenvalue weighted by Gasteiger charge is -2.14. The summed E-state index contributed by atoms with van der Waals surface area (Å²) in [6.07, 6.45) is 1.53. The summed E-state index contributed by atoms with van der Waals surface area (Å²) in [5.74, 6) is -0.104. The molecule has 6 nitrogen and oxygen atoms in total. The number of hydrogen-bond acceptors (Lipinski definition) is 4. The van der Waals surface area contributed by atoms with E-state index in [0.717, 1.165) is 10.5 Å². The van der Waals surface area contributed by atoms with Gasteiger partial charge in [-0.25, -0.2) is 9.18 Å². The average Bonchev–Trinajstić information content (AvgIpc) is 3.07. The van der Waals surface area contributed by atoms with Gasteiger partial charge in [0.05, 0.1) is 18.1 Å². The molecule has 1 N–H and O–H groups in total. The Morgan fingerprint density at radius 3 is 2.56 bits per heavy atom. The molecule has 4 rings (SSSR count). The minimum atomic E-state index is -0.617. The number of urea groups is 1. The van der Waals surface area contributed by atoms with E-state index in [-0.39, 0.29) is 17.8 Å². The van der Waals surface area contributed by atoms with Gasteiger partial charge in [0.25, 0.3) is 5.91 Å². The molecule has 9 heteroatoms. The maximum absolute atomic E-state index is 14.0. The van der Waals surface area contributed by atoms with Crippen LogP contribution in [0, 0.1) is 5.82 Å². The highest BCUT2D eigenvalue weighted by Gasteiger charge is 2.34. The highest BCUT2D eigenvalue weighted by Crippen LogP contribution is 2.38. The standard InChI is InChI=1S/C25H19BrClFN2O4/c1-33-22-12-16(10-19(26)23(22)34-14-15-6-8-18(27)9-7-15)11-21-24(31)30(25(32)29-21)13-17-4-2-3-5-20(17)28/h2-12H,13-14H2,1H3,(H,29,32)/b21-11+. The van der Waals surface area contributed by atoms with Crippen molar-refractivity contribution in [1.82, 2.24) is 10.2 Å². The zero-order valence-corrected chi connectivity index (χ0v) is 20.3. The van der Waals surface area contributed by atoms with Crippen LogP contribution in [-0.4, -0.2) is 23.9 Å². The van der Waals surface area contributed by atoms with Gasteiger partial charge in [-0.15, -0.1) is 0 Å². The van der Waals surface area contributed by atoms with E-state index in [1.165, 1.54) is 25.3 Å². The van der Waals surface area contributed by atoms with E-state index in [1.807, 2.05) is 12.1 Å². The smallest absolute Gasteiger partial charge is 0.329 e. The third-order valence-corrected chi connectivity index (χ3v) is 5.95. The molecule has 1 heterocycles. The molecule has 174 valence electrons. The van der Waals surface area contributed by atoms with Crippen molar-refractivity contribution in [2.75, 3.05) is 7.11 Å². The Morgan fingerprint density at radius 2 is 1.85 bits per heavy atom. The van der Waals surface area contributed by atoms with E-state index < -0.39 is 17.8 Å². The van der Waals surface area contributed by atoms with Crippen LogP contribution in [0.4, 0.5) is 9.18 Å². The van der Waals surface area contributed by atoms with Gasteiger partial charge >= 0.3 is 6.03 Å². The molecule has 3 aromatic carbocycles. The minimum Gasteiger partial charge on any atom is -0.493 e. The molecule has 1 aliphatic rings. The molecule has 0 bridgehead atoms. The van der Waals surface area contributed by atoms with Gasteiger partial charge in [0, 0.05) is 10.6 Å². The van der Waals surface area contributed by atoms with Crippen molar-refractivity contribution in [3.05, 3.63) is 98.4 Å². The Kier molecular flexibility index (Phi) is 7.19. The molecule has 1 saturated heterocycles. The van der Waals surface area contributed by atoms with Gasteiger partial charge in [-0.05, 0) is 63.5 Å². The van der Waals surface area contributed by atoms with Crippen molar-refractivity contribution in [3.8, 4) is 11.5 Å². The predicted octanol–water partition coefficient (Wildman–Crippen LogP) is 5.92. The fourth-order valence-corrected chi connectivity index (χ4v) is 4.08. The number of imide groups is 1. The summed E-state index contributed by atoms with van der Waals surface area (Å²) in [5, 5.41) is 3.18. The Balaban J connectivity index is 1.53. The summed E-state index contributed by atoms with van der Waals surface area (Å²) in [6.45, 7) is 0.130. The number of amides is 3. The van der Waals surface area contributed by atoms with Gasteiger partial charge < -0.3 is 14.8 Å². The van der Waals surface area contributed by atoms with Gasteiger partial charge in [0.2, 0.25) is 0 Å². The fraction of sp³-hybridized carbons (Fsp3) is 0.120. The minimum absolute atomic E-state index is 0.0742. The normalized spacial score (nSPS) is 14.5. The van der Waals surface area contributed by atoms with E-state index in [9.17, 15) is 14.0 Å². The van der Waals surface area contributed by atoms with Gasteiger partial charge in [-0.1, -0.05) is 41.9 Å². The van der Waals surface area contributed by atoms with E-state index in [0.29, 0.717) is 33.2 Å². The molecule has 0 radical (unpaired) electrons. The number of ether oxygens (including phenoxy) is 2. The lowest BCUT2D eigenvalue weighted by molar-refractivity contribution is -0.123. The lowest BCUT2D eigenvalue weighted by atomic mass is 10.1. The van der Waals surface area contributed by atoms with E-state index in [1.54, 1.807) is 36.4 Å². The number of methoxy groups -OCH3 is 1. The van der Waals surface area contributed by atoms with Crippen molar-refractivity contribution in [2.45, 2.75) is 13.2 Å². The third kappa shape index (κ3) is 5.24. The van der Waals surface area contributed by atoms with Crippen molar-refractivity contribution in [2.24, 2.45) is 0 Å². The van der Waals surface area contributed by atoms with Crippen LogP contribution in [0.3, 0.4) is 0 Å². The molecule has 0 atom stereocenters. The number of rotatable bonds is 7. The average molecular weight is 546 g/mol. The van der Waals surface area contributed by atoms with Crippen LogP contribution in [0.1, 0.15) is 16.7 Å². The molecule has 3 amide bonds. The second-order valence-electron chi connectivity index (χ2n) is 7.42. The highest BCUT2D eigenvalue weighted by molar-refractivity contribution is 9.10. The Bertz CT molecular complexity index is 1280. The number of nitrogens with one attached hydrogen (secondary N) is 1. The second-order valence-corrected chi connectivity index (χ2v) is 8.71. The van der Waals surface area contributed by atoms with Crippen LogP contribution in [0.25, 0.3) is 6.08 Å². The van der Waals surface area contributed by atoms with Crippen LogP contribution in [-0.2, 0) is 17.9 Å². The Morgan fingerprint density at radius 1 is 1.12 bits per heavy atom. The first-order valence-corrected chi connectivity index (χ1v) is 11.4. The van der Waals surface area contributed by atoms with Gasteiger partial charge in [0.15, 0.2) is 11.5 Å². The summed E-state index contributed by atoms with van der Waals surface area (Å²) in [4.78, 5) is 26.1. The summed E-state index contributed by atoms with van der Waals surface area (Å²) in [7, 11) is 1.51. The SMILES string of the molecule is COc1cc(/C=C2/NC(=O)N(Cc3ccccc3F)C2=O)cc(Br)c1OCc1ccc(Cl)cc1. The number of halogens is 3. The number of benzene rings is 3. The van der Waals surface area contributed by atoms with Crippen LogP contribution in [0.5, 0.6) is 11.5 Å². The molecule has 0 unspecified atom stereocenters. The van der Waals surface area contributed by atoms with Crippen molar-refractivity contribution in [3.63, 3.8) is 0 Å². The van der Waals surface area contributed by atoms with E-state index in [4.69, 9.17) is 21.1 Å². The molecule has 0 saturated carbocycles. The summed E-state index contributed by atoms with van der Waals surface area (Å²) in [6, 6.07) is 16.1. The number of carbonyl (C=O) groups excluding carboxylic acids is 2. The molecule has 1 fully saturated rings. The molecular formula is C25H19BrClFN2O4. The van der Waals surface area contributed by atoms with Crippen molar-refractivity contribution in [1.29, 1.82) is 0 Å². The van der Waals surface area contributed by atoms with Crippen LogP contribution in [0.15, 0.2) is 70.8 Å². The fourth-order valence-electron chi connectivity index (χ4n) is 3.38. The Hall–Kier alpha value is -3.36. The summed E-state index contributed by atoms with van der Waals surface area (Å²) >= 11 is 9.41. The molecule has 1 aliphatic heterocycles. The van der Waals surface area contributed by atoms with Gasteiger partial charge in [-0.2, -0.15) is 0 Å². The van der Waals surface area contributed by atoms with E-state index in [2.05, 4.69) is 21.2 Å². The molecule has 3 aromatic rings. The zero-order valence-electron chi connectivity index (χ0n) is 18.0. The molecule has 0 spiro atoms. The molecule has 0 aromatic heterocycles. The first-order chi connectivity index (χ1) is 16.4. The molecule has 0 aliphatic carbocycles. The molecule has 34 heavy (non-hydrogen) atoms. The third-order valence-electron chi connectivity index (χ3n) is 5.11. The maximum atomic E-state index is 14.0. The van der Waals surface area contributed by atoms with E-state index >= 15 is 0 Å². The van der Waals surface area contributed by atoms with Gasteiger partial charge in [-0.3, -0.25) is 9.69 Å². The predicted molar refractivity (Wildman–Crippen MR) is 130 cm³/mol. The lowest BCUT2D eigenvalue weighted by Crippen LogP contribution is -2.30. The van der Waals surface area contributed by atoms with Crippen molar-refractivity contribution < 1.29 is 23.5 Å². The topological polar surface area (TPSA) is 67.9 Å². The van der Waals surface area contributed by atoms with Crippen LogP contribution < -0.4 is 14.8 Å². The summed E-state index contributed by atoms with van der Waals surface area (Å²) < 4.78 is 26.0.